The Morgan fingerprint density at radius 1 is 0.970 bits per heavy atom. The van der Waals surface area contributed by atoms with Gasteiger partial charge in [-0.3, -0.25) is 9.59 Å². The standard InChI is InChI=1S/C26H35N3O4/c1-8-29(22(30)16-27-25(32)33-26(5,6)7)23(20-14-11-13-17(2)19(20)4)24(31)28-21-15-10-9-12-18(21)3/h9-15,23H,8,16H2,1-7H3,(H,27,32)(H,28,31). The van der Waals surface area contributed by atoms with Gasteiger partial charge in [0.25, 0.3) is 5.91 Å². The van der Waals surface area contributed by atoms with Gasteiger partial charge in [-0.2, -0.15) is 0 Å². The van der Waals surface area contributed by atoms with E-state index in [4.69, 9.17) is 4.74 Å². The molecule has 0 aliphatic carbocycles. The Balaban J connectivity index is 2.35. The Kier molecular flexibility index (Phi) is 8.63. The van der Waals surface area contributed by atoms with Gasteiger partial charge in [-0.25, -0.2) is 4.79 Å². The molecule has 2 N–H and O–H groups in total. The third-order valence-electron chi connectivity index (χ3n) is 5.35. The molecular formula is C26H35N3O4. The second-order valence-electron chi connectivity index (χ2n) is 9.03. The minimum atomic E-state index is -0.859. The van der Waals surface area contributed by atoms with Crippen molar-refractivity contribution in [1.29, 1.82) is 0 Å². The summed E-state index contributed by atoms with van der Waals surface area (Å²) in [5.41, 5.74) is 3.64. The van der Waals surface area contributed by atoms with E-state index in [-0.39, 0.29) is 24.9 Å². The largest absolute Gasteiger partial charge is 0.444 e. The smallest absolute Gasteiger partial charge is 0.408 e. The summed E-state index contributed by atoms with van der Waals surface area (Å²) in [6.07, 6.45) is -0.681. The lowest BCUT2D eigenvalue weighted by Crippen LogP contribution is -2.46. The topological polar surface area (TPSA) is 87.7 Å². The molecule has 0 fully saturated rings. The van der Waals surface area contributed by atoms with Crippen LogP contribution < -0.4 is 10.6 Å². The zero-order valence-corrected chi connectivity index (χ0v) is 20.6. The molecule has 0 aliphatic rings. The average Bonchev–Trinajstić information content (AvgIpc) is 2.73. The molecule has 1 atom stereocenters. The van der Waals surface area contributed by atoms with Crippen molar-refractivity contribution < 1.29 is 19.1 Å². The van der Waals surface area contributed by atoms with Crippen LogP contribution >= 0.6 is 0 Å². The average molecular weight is 454 g/mol. The first kappa shape index (κ1) is 25.9. The predicted molar refractivity (Wildman–Crippen MR) is 130 cm³/mol. The van der Waals surface area contributed by atoms with E-state index in [0.717, 1.165) is 22.3 Å². The number of amides is 3. The highest BCUT2D eigenvalue weighted by Crippen LogP contribution is 2.28. The number of rotatable bonds is 7. The summed E-state index contributed by atoms with van der Waals surface area (Å²) < 4.78 is 5.22. The summed E-state index contributed by atoms with van der Waals surface area (Å²) in [4.78, 5) is 40.2. The number of likely N-dealkylation sites (N-methyl/N-ethyl adjacent to an activating group) is 1. The van der Waals surface area contributed by atoms with Crippen LogP contribution in [0, 0.1) is 20.8 Å². The van der Waals surface area contributed by atoms with E-state index in [2.05, 4.69) is 10.6 Å². The Labute approximate surface area is 196 Å². The molecule has 0 aromatic heterocycles. The van der Waals surface area contributed by atoms with Crippen LogP contribution in [0.5, 0.6) is 0 Å². The monoisotopic (exact) mass is 453 g/mol. The molecular weight excluding hydrogens is 418 g/mol. The van der Waals surface area contributed by atoms with Crippen molar-refractivity contribution in [2.45, 2.75) is 60.1 Å². The molecule has 0 saturated heterocycles. The summed E-state index contributed by atoms with van der Waals surface area (Å²) in [5, 5.41) is 5.48. The lowest BCUT2D eigenvalue weighted by atomic mass is 9.95. The third kappa shape index (κ3) is 7.07. The fourth-order valence-corrected chi connectivity index (χ4v) is 3.50. The number of carbonyl (C=O) groups is 3. The Bertz CT molecular complexity index is 1010. The van der Waals surface area contributed by atoms with E-state index >= 15 is 0 Å². The second kappa shape index (κ2) is 11.0. The number of ether oxygens (including phenoxy) is 1. The number of aryl methyl sites for hydroxylation is 2. The van der Waals surface area contributed by atoms with Crippen molar-refractivity contribution in [3.63, 3.8) is 0 Å². The lowest BCUT2D eigenvalue weighted by Gasteiger charge is -2.32. The number of anilines is 1. The normalized spacial score (nSPS) is 12.0. The molecule has 0 spiro atoms. The van der Waals surface area contributed by atoms with Gasteiger partial charge < -0.3 is 20.3 Å². The fraction of sp³-hybridized carbons (Fsp3) is 0.423. The molecule has 0 bridgehead atoms. The summed E-state index contributed by atoms with van der Waals surface area (Å²) >= 11 is 0. The zero-order chi connectivity index (χ0) is 24.8. The van der Waals surface area contributed by atoms with Crippen molar-refractivity contribution >= 4 is 23.6 Å². The predicted octanol–water partition coefficient (Wildman–Crippen LogP) is 4.66. The number of para-hydroxylation sites is 1. The van der Waals surface area contributed by atoms with Gasteiger partial charge in [-0.15, -0.1) is 0 Å². The van der Waals surface area contributed by atoms with Gasteiger partial charge in [0.1, 0.15) is 18.2 Å². The molecule has 7 heteroatoms. The van der Waals surface area contributed by atoms with Crippen molar-refractivity contribution in [2.75, 3.05) is 18.4 Å². The molecule has 0 heterocycles. The number of nitrogens with zero attached hydrogens (tertiary/aromatic N) is 1. The molecule has 178 valence electrons. The van der Waals surface area contributed by atoms with Gasteiger partial charge in [0.15, 0.2) is 0 Å². The van der Waals surface area contributed by atoms with Crippen LogP contribution in [0.1, 0.15) is 56.0 Å². The highest BCUT2D eigenvalue weighted by Gasteiger charge is 2.32. The van der Waals surface area contributed by atoms with Crippen LogP contribution in [0.4, 0.5) is 10.5 Å². The molecule has 2 aromatic rings. The number of nitrogens with one attached hydrogen (secondary N) is 2. The Morgan fingerprint density at radius 2 is 1.61 bits per heavy atom. The van der Waals surface area contributed by atoms with E-state index in [1.165, 1.54) is 4.90 Å². The fourth-order valence-electron chi connectivity index (χ4n) is 3.50. The minimum Gasteiger partial charge on any atom is -0.444 e. The number of carbonyl (C=O) groups excluding carboxylic acids is 3. The van der Waals surface area contributed by atoms with Crippen LogP contribution in [0.15, 0.2) is 42.5 Å². The maximum Gasteiger partial charge on any atom is 0.408 e. The van der Waals surface area contributed by atoms with Crippen LogP contribution in [0.25, 0.3) is 0 Å². The minimum absolute atomic E-state index is 0.276. The van der Waals surface area contributed by atoms with Crippen LogP contribution in [-0.4, -0.2) is 41.5 Å². The third-order valence-corrected chi connectivity index (χ3v) is 5.35. The Morgan fingerprint density at radius 3 is 2.21 bits per heavy atom. The number of hydrogen-bond donors (Lipinski definition) is 2. The molecule has 3 amide bonds. The second-order valence-corrected chi connectivity index (χ2v) is 9.03. The molecule has 2 aromatic carbocycles. The first-order chi connectivity index (χ1) is 15.4. The zero-order valence-electron chi connectivity index (χ0n) is 20.6. The summed E-state index contributed by atoms with van der Waals surface area (Å²) in [5.74, 6) is -0.695. The molecule has 0 aliphatic heterocycles. The van der Waals surface area contributed by atoms with Crippen LogP contribution in [-0.2, 0) is 14.3 Å². The van der Waals surface area contributed by atoms with E-state index in [1.54, 1.807) is 20.8 Å². The maximum absolute atomic E-state index is 13.5. The summed E-state index contributed by atoms with van der Waals surface area (Å²) in [6.45, 7) is 12.9. The quantitative estimate of drug-likeness (QED) is 0.638. The number of alkyl carbamates (subject to hydrolysis) is 1. The van der Waals surface area contributed by atoms with Crippen molar-refractivity contribution in [1.82, 2.24) is 10.2 Å². The van der Waals surface area contributed by atoms with E-state index < -0.39 is 17.7 Å². The first-order valence-electron chi connectivity index (χ1n) is 11.1. The molecule has 1 unspecified atom stereocenters. The summed E-state index contributed by atoms with van der Waals surface area (Å²) in [6, 6.07) is 12.3. The molecule has 0 radical (unpaired) electrons. The highest BCUT2D eigenvalue weighted by molar-refractivity contribution is 5.99. The molecule has 7 nitrogen and oxygen atoms in total. The van der Waals surface area contributed by atoms with Gasteiger partial charge in [-0.1, -0.05) is 36.4 Å². The van der Waals surface area contributed by atoms with Gasteiger partial charge in [0, 0.05) is 12.2 Å². The molecule has 2 rings (SSSR count). The number of benzene rings is 2. The van der Waals surface area contributed by atoms with Crippen molar-refractivity contribution in [3.8, 4) is 0 Å². The SMILES string of the molecule is CCN(C(=O)CNC(=O)OC(C)(C)C)C(C(=O)Nc1ccccc1C)c1cccc(C)c1C. The molecule has 33 heavy (non-hydrogen) atoms. The van der Waals surface area contributed by atoms with E-state index in [9.17, 15) is 14.4 Å². The van der Waals surface area contributed by atoms with Crippen LogP contribution in [0.3, 0.4) is 0 Å². The van der Waals surface area contributed by atoms with Crippen molar-refractivity contribution in [2.24, 2.45) is 0 Å². The van der Waals surface area contributed by atoms with Gasteiger partial charge in [0.2, 0.25) is 5.91 Å². The molecule has 0 saturated carbocycles. The van der Waals surface area contributed by atoms with E-state index in [1.807, 2.05) is 70.2 Å². The Hall–Kier alpha value is -3.35. The van der Waals surface area contributed by atoms with E-state index in [0.29, 0.717) is 5.69 Å². The van der Waals surface area contributed by atoms with Crippen molar-refractivity contribution in [3.05, 3.63) is 64.7 Å². The van der Waals surface area contributed by atoms with Gasteiger partial charge in [-0.05, 0) is 76.8 Å². The first-order valence-corrected chi connectivity index (χ1v) is 11.1. The lowest BCUT2D eigenvalue weighted by molar-refractivity contribution is -0.138. The van der Waals surface area contributed by atoms with Gasteiger partial charge >= 0.3 is 6.09 Å². The number of hydrogen-bond acceptors (Lipinski definition) is 4. The highest BCUT2D eigenvalue weighted by atomic mass is 16.6. The van der Waals surface area contributed by atoms with Crippen LogP contribution in [0.2, 0.25) is 0 Å². The van der Waals surface area contributed by atoms with Gasteiger partial charge in [0.05, 0.1) is 0 Å². The summed E-state index contributed by atoms with van der Waals surface area (Å²) in [7, 11) is 0. The maximum atomic E-state index is 13.5.